The second-order valence-electron chi connectivity index (χ2n) is 8.06. The zero-order chi connectivity index (χ0) is 25.8. The number of carbonyl (C=O) groups excluding carboxylic acids is 2. The van der Waals surface area contributed by atoms with Gasteiger partial charge in [0.1, 0.15) is 23.1 Å². The lowest BCUT2D eigenvalue weighted by atomic mass is 10.0. The fourth-order valence-corrected chi connectivity index (χ4v) is 4.36. The number of aldehydes is 1. The normalized spacial score (nSPS) is 11.6. The third-order valence-electron chi connectivity index (χ3n) is 5.51. The van der Waals surface area contributed by atoms with Crippen LogP contribution in [0.5, 0.6) is 0 Å². The van der Waals surface area contributed by atoms with E-state index in [1.165, 1.54) is 28.2 Å². The molecule has 2 aromatic heterocycles. The Balaban J connectivity index is 1.59. The lowest BCUT2D eigenvalue weighted by Crippen LogP contribution is -2.44. The molecule has 1 atom stereocenters. The average molecular weight is 507 g/mol. The number of benzene rings is 2. The monoisotopic (exact) mass is 506 g/mol. The summed E-state index contributed by atoms with van der Waals surface area (Å²) in [5, 5.41) is 4.67. The smallest absolute Gasteiger partial charge is 0.255 e. The molecule has 0 saturated carbocycles. The largest absolute Gasteiger partial charge is 0.366 e. The van der Waals surface area contributed by atoms with Gasteiger partial charge in [-0.2, -0.15) is 4.37 Å². The molecule has 2 aromatic carbocycles. The number of aryl methyl sites for hydroxylation is 1. The average Bonchev–Trinajstić information content (AvgIpc) is 3.28. The molecule has 9 nitrogen and oxygen atoms in total. The number of halogens is 1. The number of amides is 1. The van der Waals surface area contributed by atoms with E-state index in [-0.39, 0.29) is 28.9 Å². The molecule has 36 heavy (non-hydrogen) atoms. The molecule has 11 heteroatoms. The van der Waals surface area contributed by atoms with Crippen LogP contribution in [0, 0.1) is 12.7 Å². The predicted molar refractivity (Wildman–Crippen MR) is 137 cm³/mol. The molecule has 2 heterocycles. The molecule has 0 radical (unpaired) electrons. The molecule has 0 saturated heterocycles. The highest BCUT2D eigenvalue weighted by Crippen LogP contribution is 2.31. The fourth-order valence-electron chi connectivity index (χ4n) is 3.69. The van der Waals surface area contributed by atoms with Gasteiger partial charge in [-0.1, -0.05) is 18.2 Å². The number of hydrogen-bond donors (Lipinski definition) is 3. The summed E-state index contributed by atoms with van der Waals surface area (Å²) in [5.74, 6) is 4.57. The molecular formula is C25H23FN6O3S. The van der Waals surface area contributed by atoms with Crippen LogP contribution in [0.3, 0.4) is 0 Å². The van der Waals surface area contributed by atoms with Gasteiger partial charge in [-0.25, -0.2) is 10.2 Å². The van der Waals surface area contributed by atoms with E-state index in [9.17, 15) is 18.8 Å². The van der Waals surface area contributed by atoms with Gasteiger partial charge in [0, 0.05) is 24.4 Å². The lowest BCUT2D eigenvalue weighted by Gasteiger charge is -2.26. The SMILES string of the molecule is Cc1cc(Nc2cc(N(N)[C@@H](C=O)Cc3ccc(-n4ccccc4=O)cc3)c(F)cc2C(N)=O)sn1. The highest BCUT2D eigenvalue weighted by Gasteiger charge is 2.23. The lowest BCUT2D eigenvalue weighted by molar-refractivity contribution is -0.109. The maximum absolute atomic E-state index is 15.0. The van der Waals surface area contributed by atoms with Crippen LogP contribution in [-0.2, 0) is 11.2 Å². The van der Waals surface area contributed by atoms with E-state index in [0.29, 0.717) is 17.0 Å². The van der Waals surface area contributed by atoms with Crippen molar-refractivity contribution in [2.24, 2.45) is 11.6 Å². The van der Waals surface area contributed by atoms with Crippen molar-refractivity contribution in [3.05, 3.63) is 99.9 Å². The van der Waals surface area contributed by atoms with Gasteiger partial charge in [0.25, 0.3) is 11.5 Å². The Hall–Kier alpha value is -4.35. The fraction of sp³-hybridized carbons (Fsp3) is 0.120. The van der Waals surface area contributed by atoms with Gasteiger partial charge in [-0.15, -0.1) is 0 Å². The van der Waals surface area contributed by atoms with Crippen LogP contribution in [0.25, 0.3) is 5.69 Å². The number of pyridine rings is 1. The number of primary amides is 1. The molecule has 5 N–H and O–H groups in total. The number of nitrogens with zero attached hydrogens (tertiary/aromatic N) is 3. The highest BCUT2D eigenvalue weighted by atomic mass is 32.1. The third-order valence-corrected chi connectivity index (χ3v) is 6.31. The van der Waals surface area contributed by atoms with Crippen molar-refractivity contribution in [2.75, 3.05) is 10.3 Å². The predicted octanol–water partition coefficient (Wildman–Crippen LogP) is 3.07. The quantitative estimate of drug-likeness (QED) is 0.180. The molecule has 1 amide bonds. The Morgan fingerprint density at radius 1 is 1.22 bits per heavy atom. The molecule has 4 rings (SSSR count). The molecule has 0 fully saturated rings. The molecule has 0 aliphatic heterocycles. The molecule has 184 valence electrons. The first kappa shape index (κ1) is 24.8. The van der Waals surface area contributed by atoms with Gasteiger partial charge < -0.3 is 15.8 Å². The van der Waals surface area contributed by atoms with Gasteiger partial charge >= 0.3 is 0 Å². The van der Waals surface area contributed by atoms with Crippen molar-refractivity contribution in [1.29, 1.82) is 0 Å². The van der Waals surface area contributed by atoms with E-state index in [1.807, 2.05) is 6.92 Å². The van der Waals surface area contributed by atoms with Crippen LogP contribution in [0.4, 0.5) is 20.8 Å². The Kier molecular flexibility index (Phi) is 7.23. The molecule has 4 aromatic rings. The number of nitrogens with two attached hydrogens (primary N) is 2. The zero-order valence-corrected chi connectivity index (χ0v) is 20.0. The molecular weight excluding hydrogens is 483 g/mol. The van der Waals surface area contributed by atoms with Gasteiger partial charge in [0.05, 0.1) is 22.6 Å². The van der Waals surface area contributed by atoms with Gasteiger partial charge in [0.15, 0.2) is 0 Å². The number of nitrogens with one attached hydrogen (secondary N) is 1. The van der Waals surface area contributed by atoms with E-state index in [2.05, 4.69) is 9.69 Å². The summed E-state index contributed by atoms with van der Waals surface area (Å²) in [5.41, 5.74) is 7.54. The number of rotatable bonds is 9. The van der Waals surface area contributed by atoms with E-state index < -0.39 is 17.8 Å². The molecule has 0 unspecified atom stereocenters. The van der Waals surface area contributed by atoms with E-state index in [0.717, 1.165) is 22.3 Å². The third kappa shape index (κ3) is 5.32. The Labute approximate surface area is 209 Å². The van der Waals surface area contributed by atoms with Crippen LogP contribution in [0.15, 0.2) is 71.7 Å². The van der Waals surface area contributed by atoms with Crippen LogP contribution in [0.1, 0.15) is 21.6 Å². The Morgan fingerprint density at radius 2 is 1.97 bits per heavy atom. The Bertz CT molecular complexity index is 1470. The van der Waals surface area contributed by atoms with Crippen molar-refractivity contribution >= 4 is 40.1 Å². The van der Waals surface area contributed by atoms with Crippen molar-refractivity contribution < 1.29 is 14.0 Å². The number of aromatic nitrogens is 2. The summed E-state index contributed by atoms with van der Waals surface area (Å²) in [4.78, 5) is 35.9. The van der Waals surface area contributed by atoms with Crippen molar-refractivity contribution in [3.8, 4) is 5.69 Å². The number of anilines is 3. The van der Waals surface area contributed by atoms with Crippen LogP contribution in [0.2, 0.25) is 0 Å². The summed E-state index contributed by atoms with van der Waals surface area (Å²) >= 11 is 1.17. The second-order valence-corrected chi connectivity index (χ2v) is 8.87. The summed E-state index contributed by atoms with van der Waals surface area (Å²) < 4.78 is 20.6. The summed E-state index contributed by atoms with van der Waals surface area (Å²) in [6, 6.07) is 15.1. The first-order valence-corrected chi connectivity index (χ1v) is 11.6. The minimum Gasteiger partial charge on any atom is -0.366 e. The standard InChI is InChI=1S/C25H23FN6O3S/c1-15-10-23(36-30-15)29-21-13-22(20(26)12-19(21)25(27)35)32(28)18(14-33)11-16-5-7-17(8-6-16)31-9-3-2-4-24(31)34/h2-10,12-14,18,29H,11,28H2,1H3,(H2,27,35)/t18-/m1/s1. The van der Waals surface area contributed by atoms with E-state index in [4.69, 9.17) is 11.6 Å². The van der Waals surface area contributed by atoms with Gasteiger partial charge in [0.2, 0.25) is 0 Å². The second kappa shape index (κ2) is 10.5. The first-order chi connectivity index (χ1) is 17.3. The summed E-state index contributed by atoms with van der Waals surface area (Å²) in [6.07, 6.45) is 2.46. The maximum Gasteiger partial charge on any atom is 0.255 e. The minimum absolute atomic E-state index is 0.0647. The van der Waals surface area contributed by atoms with Crippen LogP contribution in [-0.4, -0.2) is 27.2 Å². The topological polar surface area (TPSA) is 136 Å². The highest BCUT2D eigenvalue weighted by molar-refractivity contribution is 7.10. The molecule has 0 aliphatic carbocycles. The number of hydrogen-bond acceptors (Lipinski definition) is 8. The van der Waals surface area contributed by atoms with Gasteiger partial charge in [-0.05, 0) is 60.4 Å². The van der Waals surface area contributed by atoms with Gasteiger partial charge in [-0.3, -0.25) is 19.2 Å². The summed E-state index contributed by atoms with van der Waals surface area (Å²) in [6.45, 7) is 1.81. The van der Waals surface area contributed by atoms with Crippen LogP contribution < -0.4 is 27.5 Å². The van der Waals surface area contributed by atoms with Crippen molar-refractivity contribution in [3.63, 3.8) is 0 Å². The number of hydrazine groups is 1. The molecule has 0 spiro atoms. The molecule has 0 bridgehead atoms. The molecule has 0 aliphatic rings. The first-order valence-electron chi connectivity index (χ1n) is 10.9. The van der Waals surface area contributed by atoms with E-state index in [1.54, 1.807) is 48.7 Å². The summed E-state index contributed by atoms with van der Waals surface area (Å²) in [7, 11) is 0. The van der Waals surface area contributed by atoms with Crippen molar-refractivity contribution in [1.82, 2.24) is 8.94 Å². The number of carbonyl (C=O) groups is 2. The maximum atomic E-state index is 15.0. The van der Waals surface area contributed by atoms with Crippen molar-refractivity contribution in [2.45, 2.75) is 19.4 Å². The minimum atomic E-state index is -0.914. The Morgan fingerprint density at radius 3 is 2.58 bits per heavy atom. The van der Waals surface area contributed by atoms with Crippen LogP contribution >= 0.6 is 11.5 Å². The zero-order valence-electron chi connectivity index (χ0n) is 19.2. The van der Waals surface area contributed by atoms with E-state index >= 15 is 0 Å².